The fourth-order valence-electron chi connectivity index (χ4n) is 5.15. The Balaban J connectivity index is 1.58. The summed E-state index contributed by atoms with van der Waals surface area (Å²) in [6, 6.07) is 11.0. The predicted molar refractivity (Wildman–Crippen MR) is 143 cm³/mol. The molecule has 37 heavy (non-hydrogen) atoms. The second-order valence-electron chi connectivity index (χ2n) is 10.1. The third-order valence-corrected chi connectivity index (χ3v) is 9.16. The Kier molecular flexibility index (Phi) is 9.21. The number of sulfonamides is 1. The molecule has 4 rings (SSSR count). The number of halogens is 2. The first-order valence-corrected chi connectivity index (χ1v) is 14.9. The average molecular weight is 555 g/mol. The van der Waals surface area contributed by atoms with Crippen molar-refractivity contribution in [1.29, 1.82) is 0 Å². The number of hydrogen-bond donors (Lipinski definition) is 0. The number of nitrogens with zero attached hydrogens (tertiary/aromatic N) is 2. The predicted octanol–water partition coefficient (Wildman–Crippen LogP) is 5.01. The lowest BCUT2D eigenvalue weighted by molar-refractivity contribution is 0.174. The highest BCUT2D eigenvalue weighted by atomic mass is 35.5. The van der Waals surface area contributed by atoms with Gasteiger partial charge in [-0.25, -0.2) is 17.1 Å². The van der Waals surface area contributed by atoms with Crippen molar-refractivity contribution in [3.05, 3.63) is 53.3 Å². The van der Waals surface area contributed by atoms with Crippen LogP contribution < -0.4 is 14.2 Å². The van der Waals surface area contributed by atoms with Crippen LogP contribution in [0.2, 0.25) is 0 Å². The molecule has 0 N–H and O–H groups in total. The molecule has 1 saturated heterocycles. The molecule has 2 aliphatic rings. The minimum absolute atomic E-state index is 0.0379. The summed E-state index contributed by atoms with van der Waals surface area (Å²) in [5, 5.41) is 0. The minimum atomic E-state index is -3.43. The van der Waals surface area contributed by atoms with Crippen molar-refractivity contribution in [2.75, 3.05) is 51.7 Å². The number of fused-ring (bicyclic) bond motifs is 1. The molecule has 0 aromatic heterocycles. The topological polar surface area (TPSA) is 68.3 Å². The second kappa shape index (κ2) is 12.2. The maximum atomic E-state index is 14.7. The summed E-state index contributed by atoms with van der Waals surface area (Å²) >= 11 is 5.78. The highest BCUT2D eigenvalue weighted by molar-refractivity contribution is 7.89. The molecule has 0 spiro atoms. The number of hydrogen-bond acceptors (Lipinski definition) is 6. The fourth-order valence-corrected chi connectivity index (χ4v) is 7.10. The summed E-state index contributed by atoms with van der Waals surface area (Å²) < 4.78 is 58.5. The van der Waals surface area contributed by atoms with Crippen LogP contribution in [0.4, 0.5) is 4.39 Å². The second-order valence-corrected chi connectivity index (χ2v) is 12.5. The van der Waals surface area contributed by atoms with Crippen LogP contribution in [0.5, 0.6) is 17.2 Å². The Bertz CT molecular complexity index is 1180. The molecular formula is C27H36ClFN2O5S. The highest BCUT2D eigenvalue weighted by Gasteiger charge is 2.36. The number of rotatable bonds is 12. The summed E-state index contributed by atoms with van der Waals surface area (Å²) in [5.41, 5.74) is 1.97. The van der Waals surface area contributed by atoms with Gasteiger partial charge in [-0.15, -0.1) is 11.6 Å². The standard InChI is InChI=1S/C27H36ClFN2O5S/c1-19(2)16-31(37(32,33)12-4-9-28)11-10-30-17-22(20-5-8-26-27(15-20)36-18-35-26)14-24(30)21-6-7-25(34-3)23(29)13-21/h5-8,13,15,19,22,24H,4,9-12,14,16-18H2,1-3H3/t22-,24+/m1/s1. The molecule has 1 fully saturated rings. The minimum Gasteiger partial charge on any atom is -0.494 e. The van der Waals surface area contributed by atoms with E-state index in [1.54, 1.807) is 10.4 Å². The molecule has 2 aliphatic heterocycles. The molecule has 0 bridgehead atoms. The third-order valence-electron chi connectivity index (χ3n) is 6.97. The van der Waals surface area contributed by atoms with E-state index in [0.29, 0.717) is 31.9 Å². The van der Waals surface area contributed by atoms with Gasteiger partial charge in [0, 0.05) is 38.1 Å². The van der Waals surface area contributed by atoms with E-state index in [1.165, 1.54) is 13.2 Å². The van der Waals surface area contributed by atoms with Gasteiger partial charge in [0.25, 0.3) is 0 Å². The van der Waals surface area contributed by atoms with Crippen LogP contribution in [-0.2, 0) is 10.0 Å². The monoisotopic (exact) mass is 554 g/mol. The smallest absolute Gasteiger partial charge is 0.231 e. The zero-order valence-corrected chi connectivity index (χ0v) is 23.2. The Morgan fingerprint density at radius 2 is 1.92 bits per heavy atom. The summed E-state index contributed by atoms with van der Waals surface area (Å²) in [7, 11) is -1.98. The van der Waals surface area contributed by atoms with Gasteiger partial charge in [0.2, 0.25) is 16.8 Å². The number of methoxy groups -OCH3 is 1. The summed E-state index contributed by atoms with van der Waals surface area (Å²) in [5.74, 6) is 1.98. The van der Waals surface area contributed by atoms with Crippen molar-refractivity contribution in [3.63, 3.8) is 0 Å². The lowest BCUT2D eigenvalue weighted by Gasteiger charge is -2.29. The summed E-state index contributed by atoms with van der Waals surface area (Å²) in [4.78, 5) is 2.26. The van der Waals surface area contributed by atoms with Gasteiger partial charge in [-0.2, -0.15) is 0 Å². The Morgan fingerprint density at radius 1 is 1.16 bits per heavy atom. The normalized spacial score (nSPS) is 19.8. The van der Waals surface area contributed by atoms with Gasteiger partial charge in [-0.1, -0.05) is 26.0 Å². The van der Waals surface area contributed by atoms with E-state index in [0.717, 1.165) is 35.6 Å². The van der Waals surface area contributed by atoms with Crippen LogP contribution >= 0.6 is 11.6 Å². The molecule has 2 aromatic carbocycles. The highest BCUT2D eigenvalue weighted by Crippen LogP contribution is 2.43. The van der Waals surface area contributed by atoms with Crippen LogP contribution in [0.1, 0.15) is 49.8 Å². The number of alkyl halides is 1. The lowest BCUT2D eigenvalue weighted by Crippen LogP contribution is -2.41. The van der Waals surface area contributed by atoms with Crippen LogP contribution in [0.15, 0.2) is 36.4 Å². The van der Waals surface area contributed by atoms with Gasteiger partial charge in [-0.05, 0) is 60.1 Å². The van der Waals surface area contributed by atoms with E-state index in [1.807, 2.05) is 32.0 Å². The van der Waals surface area contributed by atoms with E-state index in [-0.39, 0.29) is 36.2 Å². The summed E-state index contributed by atoms with van der Waals surface area (Å²) in [6.45, 7) is 6.31. The van der Waals surface area contributed by atoms with E-state index in [2.05, 4.69) is 11.0 Å². The van der Waals surface area contributed by atoms with Gasteiger partial charge < -0.3 is 14.2 Å². The molecule has 2 aromatic rings. The van der Waals surface area contributed by atoms with E-state index >= 15 is 0 Å². The maximum absolute atomic E-state index is 14.7. The first-order valence-electron chi connectivity index (χ1n) is 12.7. The third kappa shape index (κ3) is 6.69. The van der Waals surface area contributed by atoms with Crippen molar-refractivity contribution < 1.29 is 27.0 Å². The molecule has 0 amide bonds. The van der Waals surface area contributed by atoms with Gasteiger partial charge in [0.05, 0.1) is 12.9 Å². The average Bonchev–Trinajstić information content (AvgIpc) is 3.51. The molecule has 0 saturated carbocycles. The first-order chi connectivity index (χ1) is 17.7. The van der Waals surface area contributed by atoms with Crippen molar-refractivity contribution in [1.82, 2.24) is 9.21 Å². The largest absolute Gasteiger partial charge is 0.494 e. The molecule has 0 unspecified atom stereocenters. The quantitative estimate of drug-likeness (QED) is 0.344. The molecule has 0 radical (unpaired) electrons. The van der Waals surface area contributed by atoms with Crippen molar-refractivity contribution >= 4 is 21.6 Å². The molecule has 10 heteroatoms. The van der Waals surface area contributed by atoms with Crippen LogP contribution in [0.3, 0.4) is 0 Å². The Labute approximate surface area is 224 Å². The number of benzene rings is 2. The number of ether oxygens (including phenoxy) is 3. The van der Waals surface area contributed by atoms with Crippen molar-refractivity contribution in [2.24, 2.45) is 5.92 Å². The molecule has 2 atom stereocenters. The van der Waals surface area contributed by atoms with Crippen molar-refractivity contribution in [3.8, 4) is 17.2 Å². The lowest BCUT2D eigenvalue weighted by atomic mass is 9.93. The van der Waals surface area contributed by atoms with Crippen molar-refractivity contribution in [2.45, 2.75) is 38.6 Å². The van der Waals surface area contributed by atoms with Crippen LogP contribution in [-0.4, -0.2) is 69.3 Å². The maximum Gasteiger partial charge on any atom is 0.231 e. The van der Waals surface area contributed by atoms with Crippen LogP contribution in [0.25, 0.3) is 0 Å². The van der Waals surface area contributed by atoms with E-state index < -0.39 is 15.8 Å². The zero-order chi connectivity index (χ0) is 26.6. The SMILES string of the molecule is COc1ccc([C@@H]2C[C@@H](c3ccc4c(c3)OCO4)CN2CCN(CC(C)C)S(=O)(=O)CCCCl)cc1F. The van der Waals surface area contributed by atoms with E-state index in [4.69, 9.17) is 25.8 Å². The molecule has 2 heterocycles. The molecule has 204 valence electrons. The van der Waals surface area contributed by atoms with Gasteiger partial charge in [0.15, 0.2) is 23.1 Å². The Morgan fingerprint density at radius 3 is 2.62 bits per heavy atom. The molecule has 7 nitrogen and oxygen atoms in total. The Hall–Kier alpha value is -2.07. The summed E-state index contributed by atoms with van der Waals surface area (Å²) in [6.07, 6.45) is 1.19. The van der Waals surface area contributed by atoms with Crippen LogP contribution in [0, 0.1) is 11.7 Å². The van der Waals surface area contributed by atoms with Gasteiger partial charge in [-0.3, -0.25) is 4.90 Å². The zero-order valence-electron chi connectivity index (χ0n) is 21.7. The molecular weight excluding hydrogens is 519 g/mol. The molecule has 0 aliphatic carbocycles. The first kappa shape index (κ1) is 28.0. The van der Waals surface area contributed by atoms with Gasteiger partial charge >= 0.3 is 0 Å². The fraction of sp³-hybridized carbons (Fsp3) is 0.556. The number of likely N-dealkylation sites (tertiary alicyclic amines) is 1. The van der Waals surface area contributed by atoms with Gasteiger partial charge in [0.1, 0.15) is 0 Å². The van der Waals surface area contributed by atoms with E-state index in [9.17, 15) is 12.8 Å².